The van der Waals surface area contributed by atoms with E-state index < -0.39 is 0 Å². The van der Waals surface area contributed by atoms with Crippen LogP contribution in [0.1, 0.15) is 18.4 Å². The van der Waals surface area contributed by atoms with E-state index in [1.54, 1.807) is 11.8 Å². The molecule has 0 amide bonds. The third-order valence-electron chi connectivity index (χ3n) is 4.33. The number of hydrogen-bond donors (Lipinski definition) is 0. The van der Waals surface area contributed by atoms with Crippen molar-refractivity contribution >= 4 is 11.8 Å². The Kier molecular flexibility index (Phi) is 2.34. The Hall–Kier alpha value is -1.20. The Labute approximate surface area is 107 Å². The molecule has 2 aliphatic carbocycles. The van der Waals surface area contributed by atoms with Crippen molar-refractivity contribution < 1.29 is 0 Å². The van der Waals surface area contributed by atoms with Crippen LogP contribution in [0, 0.1) is 17.2 Å². The van der Waals surface area contributed by atoms with Crippen LogP contribution in [0.2, 0.25) is 0 Å². The fraction of sp³-hybridized carbons (Fsp3) is 0.400. The van der Waals surface area contributed by atoms with Gasteiger partial charge in [-0.15, -0.1) is 11.8 Å². The third kappa shape index (κ3) is 1.26. The Bertz CT molecular complexity index is 501. The first kappa shape index (κ1) is 10.9. The lowest BCUT2D eigenvalue weighted by Gasteiger charge is -2.38. The van der Waals surface area contributed by atoms with Crippen LogP contribution < -0.4 is 0 Å². The summed E-state index contributed by atoms with van der Waals surface area (Å²) in [5, 5.41) is 9.66. The van der Waals surface area contributed by atoms with Crippen LogP contribution in [0.25, 0.3) is 0 Å². The molecule has 2 heteroatoms. The van der Waals surface area contributed by atoms with Crippen LogP contribution in [0.3, 0.4) is 0 Å². The highest BCUT2D eigenvalue weighted by molar-refractivity contribution is 8.00. The topological polar surface area (TPSA) is 23.8 Å². The molecule has 0 aliphatic heterocycles. The predicted octanol–water partition coefficient (Wildman–Crippen LogP) is 3.53. The summed E-state index contributed by atoms with van der Waals surface area (Å²) >= 11 is 1.72. The van der Waals surface area contributed by atoms with E-state index in [-0.39, 0.29) is 10.2 Å². The van der Waals surface area contributed by atoms with Crippen molar-refractivity contribution in [2.45, 2.75) is 23.0 Å². The fourth-order valence-electron chi connectivity index (χ4n) is 3.48. The molecule has 2 bridgehead atoms. The van der Waals surface area contributed by atoms with Gasteiger partial charge in [0.25, 0.3) is 0 Å². The second-order valence-electron chi connectivity index (χ2n) is 5.01. The van der Waals surface area contributed by atoms with Gasteiger partial charge in [-0.05, 0) is 30.6 Å². The summed E-state index contributed by atoms with van der Waals surface area (Å²) in [4.78, 5) is 0. The maximum absolute atomic E-state index is 9.66. The minimum absolute atomic E-state index is 0.0624. The number of benzene rings is 1. The molecule has 1 nitrogen and oxygen atoms in total. The lowest BCUT2D eigenvalue weighted by Crippen LogP contribution is -2.42. The minimum atomic E-state index is -0.270. The predicted molar refractivity (Wildman–Crippen MR) is 71.8 cm³/mol. The van der Waals surface area contributed by atoms with Gasteiger partial charge >= 0.3 is 0 Å². The van der Waals surface area contributed by atoms with Crippen molar-refractivity contribution in [2.75, 3.05) is 6.26 Å². The van der Waals surface area contributed by atoms with Crippen molar-refractivity contribution in [3.05, 3.63) is 48.0 Å². The Balaban J connectivity index is 2.18. The van der Waals surface area contributed by atoms with E-state index in [4.69, 9.17) is 0 Å². The van der Waals surface area contributed by atoms with Gasteiger partial charge in [-0.3, -0.25) is 0 Å². The van der Waals surface area contributed by atoms with E-state index in [9.17, 15) is 5.26 Å². The fourth-order valence-corrected chi connectivity index (χ4v) is 4.59. The quantitative estimate of drug-likeness (QED) is 0.740. The molecule has 1 aromatic rings. The highest BCUT2D eigenvalue weighted by Crippen LogP contribution is 2.61. The van der Waals surface area contributed by atoms with Crippen LogP contribution in [0.5, 0.6) is 0 Å². The molecule has 2 aliphatic rings. The zero-order chi connectivity index (χ0) is 11.9. The Morgan fingerprint density at radius 3 is 2.65 bits per heavy atom. The van der Waals surface area contributed by atoms with Gasteiger partial charge in [0.15, 0.2) is 0 Å². The number of nitrogens with zero attached hydrogens (tertiary/aromatic N) is 1. The molecule has 1 saturated carbocycles. The normalized spacial score (nSPS) is 38.2. The van der Waals surface area contributed by atoms with Crippen molar-refractivity contribution in [2.24, 2.45) is 5.92 Å². The van der Waals surface area contributed by atoms with Gasteiger partial charge in [0.2, 0.25) is 0 Å². The average molecular weight is 241 g/mol. The van der Waals surface area contributed by atoms with E-state index in [1.807, 2.05) is 6.07 Å². The molecule has 0 spiro atoms. The Morgan fingerprint density at radius 1 is 1.29 bits per heavy atom. The van der Waals surface area contributed by atoms with Gasteiger partial charge in [-0.2, -0.15) is 5.26 Å². The molecule has 1 aromatic carbocycles. The number of hydrogen-bond acceptors (Lipinski definition) is 2. The number of allylic oxidation sites excluding steroid dienone is 2. The molecule has 0 N–H and O–H groups in total. The second-order valence-corrected chi connectivity index (χ2v) is 6.11. The monoisotopic (exact) mass is 241 g/mol. The smallest absolute Gasteiger partial charge is 0.116 e. The van der Waals surface area contributed by atoms with Crippen molar-refractivity contribution in [3.8, 4) is 6.07 Å². The SMILES string of the molecule is CS[C@]1(C#N)C[C@H]2C=C[C@]1(c1ccccc1)C2. The molecular formula is C15H15NS. The van der Waals surface area contributed by atoms with Gasteiger partial charge in [-0.1, -0.05) is 42.5 Å². The molecule has 0 heterocycles. The standard InChI is InChI=1S/C15H15NS/c1-17-15(11-16)10-12-7-8-14(15,9-12)13-5-3-2-4-6-13/h2-8,12H,9-10H2,1H3/t12-,14+,15-/m0/s1. The largest absolute Gasteiger partial charge is 0.197 e. The van der Waals surface area contributed by atoms with E-state index in [0.717, 1.165) is 12.8 Å². The van der Waals surface area contributed by atoms with Gasteiger partial charge in [-0.25, -0.2) is 0 Å². The van der Waals surface area contributed by atoms with Crippen LogP contribution in [-0.4, -0.2) is 11.0 Å². The molecule has 3 rings (SSSR count). The van der Waals surface area contributed by atoms with E-state index >= 15 is 0 Å². The maximum Gasteiger partial charge on any atom is 0.116 e. The summed E-state index contributed by atoms with van der Waals surface area (Å²) in [5.41, 5.74) is 1.24. The van der Waals surface area contributed by atoms with Gasteiger partial charge in [0.1, 0.15) is 4.75 Å². The maximum atomic E-state index is 9.66. The number of rotatable bonds is 2. The van der Waals surface area contributed by atoms with Crippen LogP contribution in [-0.2, 0) is 5.41 Å². The first-order chi connectivity index (χ1) is 8.26. The number of nitriles is 1. The summed E-state index contributed by atoms with van der Waals surface area (Å²) in [6.07, 6.45) is 8.76. The molecule has 0 aromatic heterocycles. The summed E-state index contributed by atoms with van der Waals surface area (Å²) in [6, 6.07) is 13.1. The number of thioether (sulfide) groups is 1. The zero-order valence-electron chi connectivity index (χ0n) is 9.89. The van der Waals surface area contributed by atoms with Crippen molar-refractivity contribution in [1.29, 1.82) is 5.26 Å². The summed E-state index contributed by atoms with van der Waals surface area (Å²) < 4.78 is -0.270. The van der Waals surface area contributed by atoms with E-state index in [0.29, 0.717) is 5.92 Å². The Morgan fingerprint density at radius 2 is 2.06 bits per heavy atom. The molecule has 17 heavy (non-hydrogen) atoms. The van der Waals surface area contributed by atoms with E-state index in [1.165, 1.54) is 5.56 Å². The zero-order valence-corrected chi connectivity index (χ0v) is 10.7. The molecule has 1 fully saturated rings. The molecule has 0 unspecified atom stereocenters. The lowest BCUT2D eigenvalue weighted by molar-refractivity contribution is 0.513. The molecule has 0 saturated heterocycles. The number of fused-ring (bicyclic) bond motifs is 2. The van der Waals surface area contributed by atoms with Crippen molar-refractivity contribution in [1.82, 2.24) is 0 Å². The second kappa shape index (κ2) is 3.65. The minimum Gasteiger partial charge on any atom is -0.197 e. The summed E-state index contributed by atoms with van der Waals surface area (Å²) in [5.74, 6) is 0.585. The van der Waals surface area contributed by atoms with Crippen LogP contribution in [0.15, 0.2) is 42.5 Å². The average Bonchev–Trinajstić information content (AvgIpc) is 2.96. The first-order valence-electron chi connectivity index (χ1n) is 5.98. The van der Waals surface area contributed by atoms with Crippen LogP contribution in [0.4, 0.5) is 0 Å². The van der Waals surface area contributed by atoms with E-state index in [2.05, 4.69) is 48.7 Å². The summed E-state index contributed by atoms with van der Waals surface area (Å²) in [7, 11) is 0. The highest BCUT2D eigenvalue weighted by Gasteiger charge is 2.60. The van der Waals surface area contributed by atoms with Gasteiger partial charge < -0.3 is 0 Å². The third-order valence-corrected chi connectivity index (χ3v) is 5.64. The summed E-state index contributed by atoms with van der Waals surface area (Å²) in [6.45, 7) is 0. The molecule has 0 radical (unpaired) electrons. The van der Waals surface area contributed by atoms with Gasteiger partial charge in [0.05, 0.1) is 6.07 Å². The lowest BCUT2D eigenvalue weighted by atomic mass is 9.72. The van der Waals surface area contributed by atoms with Crippen LogP contribution >= 0.6 is 11.8 Å². The first-order valence-corrected chi connectivity index (χ1v) is 7.20. The molecular weight excluding hydrogens is 226 g/mol. The van der Waals surface area contributed by atoms with Crippen molar-refractivity contribution in [3.63, 3.8) is 0 Å². The van der Waals surface area contributed by atoms with Gasteiger partial charge in [0, 0.05) is 5.41 Å². The highest BCUT2D eigenvalue weighted by atomic mass is 32.2. The molecule has 3 atom stereocenters. The molecule has 86 valence electrons.